The van der Waals surface area contributed by atoms with Crippen molar-refractivity contribution in [2.24, 2.45) is 17.1 Å². The molecule has 1 amide bonds. The van der Waals surface area contributed by atoms with Gasteiger partial charge >= 0.3 is 0 Å². The fraction of sp³-hybridized carbons (Fsp3) is 0.917. The molecule has 94 valence electrons. The molecule has 0 aromatic rings. The van der Waals surface area contributed by atoms with Gasteiger partial charge in [0.25, 0.3) is 0 Å². The minimum atomic E-state index is -0.305. The Balaban J connectivity index is 2.46. The van der Waals surface area contributed by atoms with Crippen LogP contribution in [0.4, 0.5) is 0 Å². The Kier molecular flexibility index (Phi) is 4.33. The third-order valence-corrected chi connectivity index (χ3v) is 3.82. The zero-order chi connectivity index (χ0) is 12.3. The van der Waals surface area contributed by atoms with E-state index < -0.39 is 0 Å². The van der Waals surface area contributed by atoms with Gasteiger partial charge in [-0.15, -0.1) is 0 Å². The van der Waals surface area contributed by atoms with Crippen LogP contribution in [0.1, 0.15) is 40.0 Å². The standard InChI is InChI=1S/C12H24N2O2/c1-4-5-8(7-13)11(16)14-9-6-10(15)12(9,2)3/h8-10,15H,4-7,13H2,1-3H3,(H,14,16). The number of nitrogens with two attached hydrogens (primary N) is 1. The predicted molar refractivity (Wildman–Crippen MR) is 63.8 cm³/mol. The number of aliphatic hydroxyl groups excluding tert-OH is 1. The molecule has 4 heteroatoms. The third kappa shape index (κ3) is 2.55. The first kappa shape index (κ1) is 13.5. The quantitative estimate of drug-likeness (QED) is 0.646. The van der Waals surface area contributed by atoms with E-state index in [1.54, 1.807) is 0 Å². The molecule has 0 spiro atoms. The number of amides is 1. The molecule has 3 atom stereocenters. The number of nitrogens with one attached hydrogen (secondary N) is 1. The molecule has 1 fully saturated rings. The summed E-state index contributed by atoms with van der Waals surface area (Å²) in [5, 5.41) is 12.6. The van der Waals surface area contributed by atoms with Crippen molar-refractivity contribution in [3.63, 3.8) is 0 Å². The van der Waals surface area contributed by atoms with Gasteiger partial charge in [-0.2, -0.15) is 0 Å². The lowest BCUT2D eigenvalue weighted by Gasteiger charge is -2.49. The van der Waals surface area contributed by atoms with Gasteiger partial charge in [0.1, 0.15) is 0 Å². The molecule has 0 saturated heterocycles. The summed E-state index contributed by atoms with van der Waals surface area (Å²) in [6.45, 7) is 6.40. The summed E-state index contributed by atoms with van der Waals surface area (Å²) in [7, 11) is 0. The van der Waals surface area contributed by atoms with Crippen LogP contribution in [-0.4, -0.2) is 29.7 Å². The van der Waals surface area contributed by atoms with E-state index in [2.05, 4.69) is 5.32 Å². The predicted octanol–water partition coefficient (Wildman–Crippen LogP) is 0.637. The van der Waals surface area contributed by atoms with E-state index in [0.717, 1.165) is 12.8 Å². The van der Waals surface area contributed by atoms with Crippen LogP contribution in [0.25, 0.3) is 0 Å². The molecule has 1 rings (SSSR count). The molecule has 0 aromatic carbocycles. The highest BCUT2D eigenvalue weighted by Gasteiger charge is 2.48. The number of rotatable bonds is 5. The largest absolute Gasteiger partial charge is 0.392 e. The van der Waals surface area contributed by atoms with Crippen LogP contribution in [0.2, 0.25) is 0 Å². The summed E-state index contributed by atoms with van der Waals surface area (Å²) in [6, 6.07) is 0.0842. The topological polar surface area (TPSA) is 75.4 Å². The van der Waals surface area contributed by atoms with E-state index in [9.17, 15) is 9.90 Å². The molecule has 0 bridgehead atoms. The summed E-state index contributed by atoms with van der Waals surface area (Å²) in [4.78, 5) is 11.9. The van der Waals surface area contributed by atoms with Gasteiger partial charge in [0.15, 0.2) is 0 Å². The van der Waals surface area contributed by atoms with Crippen molar-refractivity contribution in [2.45, 2.75) is 52.2 Å². The van der Waals surface area contributed by atoms with Crippen molar-refractivity contribution in [2.75, 3.05) is 6.54 Å². The van der Waals surface area contributed by atoms with Crippen LogP contribution in [0.5, 0.6) is 0 Å². The van der Waals surface area contributed by atoms with Gasteiger partial charge in [-0.25, -0.2) is 0 Å². The lowest BCUT2D eigenvalue weighted by molar-refractivity contribution is -0.133. The first-order chi connectivity index (χ1) is 7.43. The van der Waals surface area contributed by atoms with Gasteiger partial charge in [-0.3, -0.25) is 4.79 Å². The van der Waals surface area contributed by atoms with E-state index in [0.29, 0.717) is 13.0 Å². The van der Waals surface area contributed by atoms with Crippen molar-refractivity contribution in [1.82, 2.24) is 5.32 Å². The zero-order valence-corrected chi connectivity index (χ0v) is 10.5. The average Bonchev–Trinajstić information content (AvgIpc) is 2.25. The SMILES string of the molecule is CCCC(CN)C(=O)NC1CC(O)C1(C)C. The lowest BCUT2D eigenvalue weighted by atomic mass is 9.64. The van der Waals surface area contributed by atoms with E-state index in [1.165, 1.54) is 0 Å². The number of hydrogen-bond acceptors (Lipinski definition) is 3. The maximum atomic E-state index is 11.9. The lowest BCUT2D eigenvalue weighted by Crippen LogP contribution is -2.62. The molecule has 0 radical (unpaired) electrons. The van der Waals surface area contributed by atoms with Crippen molar-refractivity contribution in [1.29, 1.82) is 0 Å². The van der Waals surface area contributed by atoms with Gasteiger partial charge in [-0.1, -0.05) is 27.2 Å². The van der Waals surface area contributed by atoms with Crippen molar-refractivity contribution in [3.05, 3.63) is 0 Å². The van der Waals surface area contributed by atoms with Gasteiger partial charge in [-0.05, 0) is 12.8 Å². The van der Waals surface area contributed by atoms with Gasteiger partial charge in [0.05, 0.1) is 12.0 Å². The second-order valence-corrected chi connectivity index (χ2v) is 5.36. The van der Waals surface area contributed by atoms with E-state index >= 15 is 0 Å². The number of carbonyl (C=O) groups excluding carboxylic acids is 1. The molecule has 4 N–H and O–H groups in total. The first-order valence-corrected chi connectivity index (χ1v) is 6.12. The first-order valence-electron chi connectivity index (χ1n) is 6.12. The maximum Gasteiger partial charge on any atom is 0.224 e. The Morgan fingerprint density at radius 2 is 2.25 bits per heavy atom. The van der Waals surface area contributed by atoms with Gasteiger partial charge in [0.2, 0.25) is 5.91 Å². The molecule has 0 aromatic heterocycles. The molecule has 0 heterocycles. The highest BCUT2D eigenvalue weighted by atomic mass is 16.3. The summed E-state index contributed by atoms with van der Waals surface area (Å²) in [5.74, 6) is -0.0483. The van der Waals surface area contributed by atoms with Gasteiger partial charge in [0, 0.05) is 18.0 Å². The number of aliphatic hydroxyl groups is 1. The third-order valence-electron chi connectivity index (χ3n) is 3.82. The normalized spacial score (nSPS) is 29.3. The Bertz CT molecular complexity index is 253. The Labute approximate surface area is 97.6 Å². The molecule has 4 nitrogen and oxygen atoms in total. The Morgan fingerprint density at radius 1 is 1.62 bits per heavy atom. The van der Waals surface area contributed by atoms with Crippen molar-refractivity contribution >= 4 is 5.91 Å². The Hall–Kier alpha value is -0.610. The van der Waals surface area contributed by atoms with Gasteiger partial charge < -0.3 is 16.2 Å². The molecule has 1 aliphatic carbocycles. The fourth-order valence-electron chi connectivity index (χ4n) is 2.14. The highest BCUT2D eigenvalue weighted by Crippen LogP contribution is 2.40. The monoisotopic (exact) mass is 228 g/mol. The van der Waals surface area contributed by atoms with Crippen LogP contribution in [0.15, 0.2) is 0 Å². The van der Waals surface area contributed by atoms with Crippen LogP contribution in [-0.2, 0) is 4.79 Å². The zero-order valence-electron chi connectivity index (χ0n) is 10.5. The molecule has 3 unspecified atom stereocenters. The van der Waals surface area contributed by atoms with Crippen molar-refractivity contribution in [3.8, 4) is 0 Å². The second-order valence-electron chi connectivity index (χ2n) is 5.36. The summed E-state index contributed by atoms with van der Waals surface area (Å²) in [6.07, 6.45) is 2.15. The highest BCUT2D eigenvalue weighted by molar-refractivity contribution is 5.79. The van der Waals surface area contributed by atoms with Crippen LogP contribution in [0.3, 0.4) is 0 Å². The average molecular weight is 228 g/mol. The maximum absolute atomic E-state index is 11.9. The van der Waals surface area contributed by atoms with Crippen molar-refractivity contribution < 1.29 is 9.90 Å². The van der Waals surface area contributed by atoms with E-state index in [4.69, 9.17) is 5.73 Å². The van der Waals surface area contributed by atoms with E-state index in [1.807, 2.05) is 20.8 Å². The smallest absolute Gasteiger partial charge is 0.224 e. The molecule has 1 aliphatic rings. The summed E-state index contributed by atoms with van der Waals surface area (Å²) >= 11 is 0. The summed E-state index contributed by atoms with van der Waals surface area (Å²) < 4.78 is 0. The summed E-state index contributed by atoms with van der Waals surface area (Å²) in [5.41, 5.74) is 5.37. The van der Waals surface area contributed by atoms with Crippen LogP contribution < -0.4 is 11.1 Å². The minimum absolute atomic E-state index is 0.0364. The molecule has 0 aliphatic heterocycles. The molecule has 1 saturated carbocycles. The fourth-order valence-corrected chi connectivity index (χ4v) is 2.14. The van der Waals surface area contributed by atoms with Crippen LogP contribution in [0, 0.1) is 11.3 Å². The minimum Gasteiger partial charge on any atom is -0.392 e. The molecular formula is C12H24N2O2. The van der Waals surface area contributed by atoms with E-state index in [-0.39, 0.29) is 29.4 Å². The second kappa shape index (κ2) is 5.15. The Morgan fingerprint density at radius 3 is 2.62 bits per heavy atom. The number of hydrogen-bond donors (Lipinski definition) is 3. The van der Waals surface area contributed by atoms with Crippen LogP contribution >= 0.6 is 0 Å². The molecular weight excluding hydrogens is 204 g/mol. The molecule has 16 heavy (non-hydrogen) atoms. The number of carbonyl (C=O) groups is 1.